The normalized spacial score (nSPS) is 12.4. The number of nitrogens with one attached hydrogen (secondary N) is 3. The molecule has 41 heavy (non-hydrogen) atoms. The number of rotatable bonds is 3. The van der Waals surface area contributed by atoms with Crippen LogP contribution >= 0.6 is 0 Å². The molecule has 4 heterocycles. The van der Waals surface area contributed by atoms with E-state index in [-0.39, 0.29) is 11.8 Å². The molecular weight excluding hydrogens is 514 g/mol. The molecule has 0 unspecified atom stereocenters. The van der Waals surface area contributed by atoms with Gasteiger partial charge >= 0.3 is 0 Å². The van der Waals surface area contributed by atoms with Crippen molar-refractivity contribution in [2.24, 2.45) is 10.2 Å². The third-order valence-electron chi connectivity index (χ3n) is 7.38. The number of aromatic hydroxyl groups is 2. The third kappa shape index (κ3) is 3.81. The minimum Gasteiger partial charge on any atom is -0.494 e. The van der Waals surface area contributed by atoms with Crippen molar-refractivity contribution in [1.82, 2.24) is 15.0 Å². The maximum absolute atomic E-state index is 11.3. The first-order valence-electron chi connectivity index (χ1n) is 13.0. The number of hydrogen-bond donors (Lipinski definition) is 5. The second-order valence-corrected chi connectivity index (χ2v) is 9.73. The fourth-order valence-electron chi connectivity index (χ4n) is 5.50. The molecule has 0 aliphatic carbocycles. The topological polar surface area (TPSA) is 130 Å². The van der Waals surface area contributed by atoms with E-state index >= 15 is 0 Å². The molecule has 8 heteroatoms. The SMILES string of the molecule is C=C1C(c2c(O)[nH]c3ccccc23)=Nc2ccccc21.O=Nc1c(-c2c(O)[nH]c3ccccc23)[nH]c2ccccc12. The molecule has 8 rings (SSSR count). The number of nitrogens with zero attached hydrogens (tertiary/aromatic N) is 2. The minimum atomic E-state index is 0.0210. The van der Waals surface area contributed by atoms with Crippen LogP contribution in [0.5, 0.6) is 11.8 Å². The third-order valence-corrected chi connectivity index (χ3v) is 7.38. The molecule has 7 aromatic rings. The van der Waals surface area contributed by atoms with Crippen molar-refractivity contribution in [2.75, 3.05) is 0 Å². The largest absolute Gasteiger partial charge is 0.494 e. The van der Waals surface area contributed by atoms with E-state index in [0.29, 0.717) is 16.9 Å². The molecule has 8 nitrogen and oxygen atoms in total. The molecule has 0 saturated heterocycles. The Hall–Kier alpha value is -5.89. The maximum Gasteiger partial charge on any atom is 0.199 e. The first-order chi connectivity index (χ1) is 20.0. The molecule has 1 aliphatic rings. The molecular formula is C33H23N5O3. The lowest BCUT2D eigenvalue weighted by Gasteiger charge is -2.02. The van der Waals surface area contributed by atoms with Gasteiger partial charge in [-0.1, -0.05) is 79.4 Å². The summed E-state index contributed by atoms with van der Waals surface area (Å²) in [6.45, 7) is 4.13. The van der Waals surface area contributed by atoms with Gasteiger partial charge in [0.25, 0.3) is 0 Å². The van der Waals surface area contributed by atoms with Gasteiger partial charge in [0.05, 0.1) is 28.2 Å². The first-order valence-corrected chi connectivity index (χ1v) is 13.0. The summed E-state index contributed by atoms with van der Waals surface area (Å²) >= 11 is 0. The van der Waals surface area contributed by atoms with Crippen LogP contribution in [0.15, 0.2) is 114 Å². The van der Waals surface area contributed by atoms with Gasteiger partial charge in [-0.15, -0.1) is 4.91 Å². The van der Waals surface area contributed by atoms with Gasteiger partial charge in [0, 0.05) is 43.8 Å². The fourth-order valence-corrected chi connectivity index (χ4v) is 5.50. The van der Waals surface area contributed by atoms with Gasteiger partial charge in [0.2, 0.25) is 0 Å². The number of aromatic amines is 3. The standard InChI is InChI=1S/C17H12N2O.C16H11N3O2/c1-10-11-6-2-4-8-13(11)18-16(10)15-12-7-3-5-9-14(12)19-17(15)20;20-16-13(9-5-1-3-7-11(9)18-16)15-14(19-21)10-6-2-4-8-12(10)17-15/h2-9,19-20H,1H2;1-8,17-18,20H. The molecule has 0 radical (unpaired) electrons. The summed E-state index contributed by atoms with van der Waals surface area (Å²) in [6.07, 6.45) is 0. The molecule has 0 atom stereocenters. The smallest absolute Gasteiger partial charge is 0.199 e. The quantitative estimate of drug-likeness (QED) is 0.145. The zero-order valence-corrected chi connectivity index (χ0v) is 21.6. The molecule has 1 aliphatic heterocycles. The first kappa shape index (κ1) is 24.2. The van der Waals surface area contributed by atoms with Crippen LogP contribution in [0, 0.1) is 4.91 Å². The van der Waals surface area contributed by atoms with Crippen molar-refractivity contribution >= 4 is 55.4 Å². The van der Waals surface area contributed by atoms with E-state index in [1.807, 2.05) is 97.1 Å². The predicted molar refractivity (Wildman–Crippen MR) is 164 cm³/mol. The molecule has 0 spiro atoms. The number of hydrogen-bond acceptors (Lipinski definition) is 5. The Bertz CT molecular complexity index is 2180. The van der Waals surface area contributed by atoms with Crippen LogP contribution in [0.3, 0.4) is 0 Å². The summed E-state index contributed by atoms with van der Waals surface area (Å²) in [5, 5.41) is 26.1. The number of benzene rings is 4. The predicted octanol–water partition coefficient (Wildman–Crippen LogP) is 8.44. The summed E-state index contributed by atoms with van der Waals surface area (Å²) in [6, 6.07) is 30.6. The van der Waals surface area contributed by atoms with Gasteiger partial charge < -0.3 is 25.2 Å². The fraction of sp³-hybridized carbons (Fsp3) is 0. The minimum absolute atomic E-state index is 0.0210. The summed E-state index contributed by atoms with van der Waals surface area (Å²) in [5.74, 6) is 0.159. The monoisotopic (exact) mass is 537 g/mol. The lowest BCUT2D eigenvalue weighted by atomic mass is 9.99. The molecule has 0 bridgehead atoms. The number of aliphatic imine (C=N–C) groups is 1. The Balaban J connectivity index is 0.000000135. The van der Waals surface area contributed by atoms with Crippen molar-refractivity contribution in [3.05, 3.63) is 120 Å². The molecule has 4 aromatic carbocycles. The van der Waals surface area contributed by atoms with E-state index in [1.54, 1.807) is 0 Å². The summed E-state index contributed by atoms with van der Waals surface area (Å²) in [7, 11) is 0. The Morgan fingerprint density at radius 2 is 1.15 bits per heavy atom. The molecule has 0 amide bonds. The number of fused-ring (bicyclic) bond motifs is 4. The average molecular weight is 538 g/mol. The molecule has 0 fully saturated rings. The Morgan fingerprint density at radius 3 is 1.78 bits per heavy atom. The summed E-state index contributed by atoms with van der Waals surface area (Å²) in [4.78, 5) is 25.0. The Morgan fingerprint density at radius 1 is 0.634 bits per heavy atom. The van der Waals surface area contributed by atoms with Crippen LogP contribution in [0.25, 0.3) is 49.5 Å². The molecule has 198 valence electrons. The highest BCUT2D eigenvalue weighted by molar-refractivity contribution is 6.39. The van der Waals surface area contributed by atoms with Gasteiger partial charge in [-0.3, -0.25) is 0 Å². The van der Waals surface area contributed by atoms with Gasteiger partial charge in [0.15, 0.2) is 11.8 Å². The number of allylic oxidation sites excluding steroid dienone is 1. The summed E-state index contributed by atoms with van der Waals surface area (Å²) in [5.41, 5.74) is 8.15. The average Bonchev–Trinajstić information content (AvgIpc) is 3.72. The molecule has 0 saturated carbocycles. The Labute approximate surface area is 233 Å². The maximum atomic E-state index is 11.3. The highest BCUT2D eigenvalue weighted by Crippen LogP contribution is 2.44. The molecule has 5 N–H and O–H groups in total. The van der Waals surface area contributed by atoms with Crippen molar-refractivity contribution in [2.45, 2.75) is 0 Å². The van der Waals surface area contributed by atoms with Crippen LogP contribution in [-0.2, 0) is 0 Å². The van der Waals surface area contributed by atoms with Crippen molar-refractivity contribution in [3.8, 4) is 23.0 Å². The van der Waals surface area contributed by atoms with E-state index in [1.165, 1.54) is 0 Å². The molecule has 3 aromatic heterocycles. The van der Waals surface area contributed by atoms with Crippen molar-refractivity contribution in [3.63, 3.8) is 0 Å². The van der Waals surface area contributed by atoms with Gasteiger partial charge in [-0.25, -0.2) is 4.99 Å². The second-order valence-electron chi connectivity index (χ2n) is 9.73. The lowest BCUT2D eigenvalue weighted by Crippen LogP contribution is -1.98. The highest BCUT2D eigenvalue weighted by Gasteiger charge is 2.25. The number of para-hydroxylation sites is 4. The highest BCUT2D eigenvalue weighted by atomic mass is 16.3. The lowest BCUT2D eigenvalue weighted by molar-refractivity contribution is 0.457. The van der Waals surface area contributed by atoms with Crippen LogP contribution < -0.4 is 0 Å². The van der Waals surface area contributed by atoms with E-state index < -0.39 is 0 Å². The van der Waals surface area contributed by atoms with Crippen LogP contribution in [-0.4, -0.2) is 30.9 Å². The van der Waals surface area contributed by atoms with Crippen molar-refractivity contribution in [1.29, 1.82) is 0 Å². The van der Waals surface area contributed by atoms with Crippen LogP contribution in [0.4, 0.5) is 11.4 Å². The number of H-pyrrole nitrogens is 3. The number of nitroso groups, excluding NO2 is 1. The van der Waals surface area contributed by atoms with Crippen LogP contribution in [0.2, 0.25) is 0 Å². The van der Waals surface area contributed by atoms with Gasteiger partial charge in [0.1, 0.15) is 5.69 Å². The van der Waals surface area contributed by atoms with E-state index in [4.69, 9.17) is 0 Å². The van der Waals surface area contributed by atoms with E-state index in [2.05, 4.69) is 31.7 Å². The Kier molecular flexibility index (Phi) is 5.54. The van der Waals surface area contributed by atoms with Gasteiger partial charge in [-0.2, -0.15) is 0 Å². The number of aromatic nitrogens is 3. The summed E-state index contributed by atoms with van der Waals surface area (Å²) < 4.78 is 0. The van der Waals surface area contributed by atoms with Crippen molar-refractivity contribution < 1.29 is 10.2 Å². The zero-order chi connectivity index (χ0) is 28.1. The second kappa shape index (κ2) is 9.39. The van der Waals surface area contributed by atoms with Gasteiger partial charge in [-0.05, 0) is 29.4 Å². The van der Waals surface area contributed by atoms with E-state index in [0.717, 1.165) is 60.8 Å². The zero-order valence-electron chi connectivity index (χ0n) is 21.6. The van der Waals surface area contributed by atoms with E-state index in [9.17, 15) is 15.1 Å². The van der Waals surface area contributed by atoms with Crippen LogP contribution in [0.1, 0.15) is 11.1 Å².